The van der Waals surface area contributed by atoms with Crippen molar-refractivity contribution >= 4 is 21.8 Å². The molecule has 0 radical (unpaired) electrons. The summed E-state index contributed by atoms with van der Waals surface area (Å²) in [6, 6.07) is 47.8. The van der Waals surface area contributed by atoms with Crippen LogP contribution in [0.1, 0.15) is 63.8 Å². The van der Waals surface area contributed by atoms with Crippen LogP contribution in [-0.4, -0.2) is 4.57 Å². The molecule has 2 aliphatic rings. The first-order chi connectivity index (χ1) is 22.1. The van der Waals surface area contributed by atoms with Crippen LogP contribution in [0.4, 0.5) is 0 Å². The molecule has 0 saturated heterocycles. The van der Waals surface area contributed by atoms with Crippen molar-refractivity contribution in [3.05, 3.63) is 150 Å². The quantitative estimate of drug-likeness (QED) is 0.188. The molecule has 0 amide bonds. The highest BCUT2D eigenvalue weighted by molar-refractivity contribution is 6.09. The van der Waals surface area contributed by atoms with Gasteiger partial charge in [-0.15, -0.1) is 0 Å². The molecular weight excluding hydrogens is 555 g/mol. The summed E-state index contributed by atoms with van der Waals surface area (Å²) in [5, 5.41) is 2.58. The summed E-state index contributed by atoms with van der Waals surface area (Å²) in [6.07, 6.45) is 0. The highest BCUT2D eigenvalue weighted by atomic mass is 15.0. The fourth-order valence-electron chi connectivity index (χ4n) is 8.64. The number of nitrogens with zero attached hydrogens (tertiary/aromatic N) is 1. The fraction of sp³-hybridized carbons (Fsp3) is 0.200. The third kappa shape index (κ3) is 3.46. The summed E-state index contributed by atoms with van der Waals surface area (Å²) < 4.78 is 2.39. The summed E-state index contributed by atoms with van der Waals surface area (Å²) in [5.74, 6) is 0. The second-order valence-corrected chi connectivity index (χ2v) is 15.0. The molecule has 0 N–H and O–H groups in total. The molecule has 0 unspecified atom stereocenters. The van der Waals surface area contributed by atoms with Crippen LogP contribution in [0.15, 0.2) is 127 Å². The predicted octanol–water partition coefficient (Wildman–Crippen LogP) is 12.0. The van der Waals surface area contributed by atoms with E-state index in [9.17, 15) is 0 Å². The molecule has 1 aromatic heterocycles. The van der Waals surface area contributed by atoms with Crippen LogP contribution in [0.2, 0.25) is 0 Å². The van der Waals surface area contributed by atoms with E-state index < -0.39 is 0 Å². The van der Waals surface area contributed by atoms with E-state index in [1.807, 2.05) is 0 Å². The Hall–Kier alpha value is -4.88. The topological polar surface area (TPSA) is 4.93 Å². The van der Waals surface area contributed by atoms with Gasteiger partial charge in [-0.1, -0.05) is 126 Å². The molecule has 0 bridgehead atoms. The molecule has 0 atom stereocenters. The highest BCUT2D eigenvalue weighted by Gasteiger charge is 2.47. The van der Waals surface area contributed by atoms with Gasteiger partial charge >= 0.3 is 0 Å². The zero-order valence-corrected chi connectivity index (χ0v) is 27.6. The lowest BCUT2D eigenvalue weighted by Gasteiger charge is -2.48. The minimum atomic E-state index is -0.0926. The van der Waals surface area contributed by atoms with E-state index in [4.69, 9.17) is 0 Å². The summed E-state index contributed by atoms with van der Waals surface area (Å²) in [7, 11) is 0. The Labute approximate surface area is 272 Å². The lowest BCUT2D eigenvalue weighted by Crippen LogP contribution is -2.43. The van der Waals surface area contributed by atoms with Crippen molar-refractivity contribution in [1.82, 2.24) is 4.57 Å². The molecular formula is C45H39N. The second kappa shape index (κ2) is 9.10. The maximum atomic E-state index is 2.54. The van der Waals surface area contributed by atoms with E-state index in [2.05, 4.69) is 174 Å². The van der Waals surface area contributed by atoms with Gasteiger partial charge in [0, 0.05) is 21.9 Å². The van der Waals surface area contributed by atoms with Crippen LogP contribution >= 0.6 is 0 Å². The third-order valence-corrected chi connectivity index (χ3v) is 12.0. The monoisotopic (exact) mass is 593 g/mol. The van der Waals surface area contributed by atoms with Crippen molar-refractivity contribution in [2.24, 2.45) is 0 Å². The summed E-state index contributed by atoms with van der Waals surface area (Å²) in [4.78, 5) is 0. The maximum Gasteiger partial charge on any atom is 0.0541 e. The Bertz CT molecular complexity index is 2320. The zero-order chi connectivity index (χ0) is 31.6. The molecule has 0 aliphatic heterocycles. The summed E-state index contributed by atoms with van der Waals surface area (Å²) in [5.41, 5.74) is 17.4. The molecule has 0 saturated carbocycles. The van der Waals surface area contributed by atoms with Crippen LogP contribution < -0.4 is 0 Å². The lowest BCUT2D eigenvalue weighted by atomic mass is 9.55. The van der Waals surface area contributed by atoms with Crippen molar-refractivity contribution in [1.29, 1.82) is 0 Å². The largest absolute Gasteiger partial charge is 0.309 e. The second-order valence-electron chi connectivity index (χ2n) is 15.0. The minimum Gasteiger partial charge on any atom is -0.309 e. The number of fused-ring (bicyclic) bond motifs is 9. The van der Waals surface area contributed by atoms with Gasteiger partial charge in [-0.05, 0) is 109 Å². The van der Waals surface area contributed by atoms with Gasteiger partial charge in [0.15, 0.2) is 0 Å². The third-order valence-electron chi connectivity index (χ3n) is 12.0. The van der Waals surface area contributed by atoms with E-state index >= 15 is 0 Å². The number of rotatable bonds is 2. The van der Waals surface area contributed by atoms with Crippen molar-refractivity contribution in [2.45, 2.75) is 57.8 Å². The fourth-order valence-corrected chi connectivity index (χ4v) is 8.64. The SMILES string of the molecule is CC1(C)c2cc(-c3ccc(-n4c5ccccc5c5ccccc54)cc3)ccc2-c2cc3c(cc21)-c1ccccc1C(C)(C)C3(C)C. The van der Waals surface area contributed by atoms with Crippen molar-refractivity contribution in [2.75, 3.05) is 0 Å². The van der Waals surface area contributed by atoms with E-state index in [0.29, 0.717) is 0 Å². The zero-order valence-electron chi connectivity index (χ0n) is 27.6. The van der Waals surface area contributed by atoms with Crippen molar-refractivity contribution in [3.8, 4) is 39.1 Å². The van der Waals surface area contributed by atoms with Crippen LogP contribution in [0.5, 0.6) is 0 Å². The molecule has 224 valence electrons. The first-order valence-electron chi connectivity index (χ1n) is 16.6. The van der Waals surface area contributed by atoms with Crippen LogP contribution in [0, 0.1) is 0 Å². The Morgan fingerprint density at radius 2 is 0.891 bits per heavy atom. The molecule has 2 aliphatic carbocycles. The first kappa shape index (κ1) is 27.4. The number of hydrogen-bond donors (Lipinski definition) is 0. The van der Waals surface area contributed by atoms with Crippen LogP contribution in [-0.2, 0) is 16.2 Å². The Morgan fingerprint density at radius 3 is 1.59 bits per heavy atom. The minimum absolute atomic E-state index is 0.00330. The molecule has 1 heterocycles. The van der Waals surface area contributed by atoms with Gasteiger partial charge < -0.3 is 4.57 Å². The number of para-hydroxylation sites is 2. The first-order valence-corrected chi connectivity index (χ1v) is 16.6. The van der Waals surface area contributed by atoms with Crippen LogP contribution in [0.3, 0.4) is 0 Å². The molecule has 6 aromatic carbocycles. The van der Waals surface area contributed by atoms with Gasteiger partial charge in [-0.3, -0.25) is 0 Å². The van der Waals surface area contributed by atoms with E-state index in [-0.39, 0.29) is 16.2 Å². The van der Waals surface area contributed by atoms with Gasteiger partial charge in [0.2, 0.25) is 0 Å². The summed E-state index contributed by atoms with van der Waals surface area (Å²) in [6.45, 7) is 14.5. The molecule has 9 rings (SSSR count). The number of hydrogen-bond acceptors (Lipinski definition) is 0. The van der Waals surface area contributed by atoms with E-state index in [1.165, 1.54) is 83.1 Å². The van der Waals surface area contributed by atoms with E-state index in [0.717, 1.165) is 0 Å². The normalized spacial score (nSPS) is 16.6. The Balaban J connectivity index is 1.15. The number of aromatic nitrogens is 1. The standard InChI is InChI=1S/C45H39N/c1-43(2)38-25-29(28-19-22-30(23-20-28)46-41-17-11-8-14-33(41)34-15-9-12-18-42(34)46)21-24-32(38)35-27-40-36(26-39(35)43)31-13-7-10-16-37(31)44(3,4)45(40,5)6/h7-27H,1-6H3. The molecule has 1 heteroatoms. The average Bonchev–Trinajstić information content (AvgIpc) is 3.52. The predicted molar refractivity (Wildman–Crippen MR) is 195 cm³/mol. The van der Waals surface area contributed by atoms with Gasteiger partial charge in [0.1, 0.15) is 0 Å². The Morgan fingerprint density at radius 1 is 0.391 bits per heavy atom. The van der Waals surface area contributed by atoms with Crippen molar-refractivity contribution < 1.29 is 0 Å². The van der Waals surface area contributed by atoms with Gasteiger partial charge in [-0.25, -0.2) is 0 Å². The number of benzene rings is 6. The van der Waals surface area contributed by atoms with Crippen molar-refractivity contribution in [3.63, 3.8) is 0 Å². The smallest absolute Gasteiger partial charge is 0.0541 e. The van der Waals surface area contributed by atoms with Gasteiger partial charge in [0.05, 0.1) is 11.0 Å². The average molecular weight is 594 g/mol. The lowest BCUT2D eigenvalue weighted by molar-refractivity contribution is 0.299. The highest BCUT2D eigenvalue weighted by Crippen LogP contribution is 2.58. The van der Waals surface area contributed by atoms with Gasteiger partial charge in [-0.2, -0.15) is 0 Å². The van der Waals surface area contributed by atoms with Gasteiger partial charge in [0.25, 0.3) is 0 Å². The van der Waals surface area contributed by atoms with E-state index in [1.54, 1.807) is 0 Å². The van der Waals surface area contributed by atoms with Crippen LogP contribution in [0.25, 0.3) is 60.9 Å². The maximum absolute atomic E-state index is 2.54. The Kier molecular flexibility index (Phi) is 5.43. The molecule has 0 fully saturated rings. The summed E-state index contributed by atoms with van der Waals surface area (Å²) >= 11 is 0. The molecule has 46 heavy (non-hydrogen) atoms. The molecule has 0 spiro atoms. The molecule has 7 aromatic rings. The molecule has 1 nitrogen and oxygen atoms in total.